The Hall–Kier alpha value is -1.53. The molecular weight excluding hydrogens is 246 g/mol. The van der Waals surface area contributed by atoms with E-state index in [9.17, 15) is 5.26 Å². The van der Waals surface area contributed by atoms with E-state index in [1.54, 1.807) is 0 Å². The van der Waals surface area contributed by atoms with Gasteiger partial charge in [-0.25, -0.2) is 0 Å². The van der Waals surface area contributed by atoms with Gasteiger partial charge < -0.3 is 10.2 Å². The highest BCUT2D eigenvalue weighted by Gasteiger charge is 2.33. The Morgan fingerprint density at radius 3 is 2.35 bits per heavy atom. The molecule has 2 unspecified atom stereocenters. The molecule has 2 atom stereocenters. The number of nitrogens with zero attached hydrogens (tertiary/aromatic N) is 2. The standard InChI is InChI=1S/C17H21N3/c18-9-14-7-12-3-1-2-4-13(12)8-17(14)20-10-15-5-6-16(11-20)19-15/h7-8,15-16,19H,1-6,10-11H2. The van der Waals surface area contributed by atoms with Crippen LogP contribution in [0.1, 0.15) is 42.4 Å². The second-order valence-electron chi connectivity index (χ2n) is 6.50. The Balaban J connectivity index is 1.71. The first-order valence-corrected chi connectivity index (χ1v) is 7.90. The number of anilines is 1. The van der Waals surface area contributed by atoms with Crippen molar-refractivity contribution >= 4 is 5.69 Å². The maximum Gasteiger partial charge on any atom is 0.101 e. The molecule has 2 saturated heterocycles. The lowest BCUT2D eigenvalue weighted by molar-refractivity contribution is 0.465. The third-order valence-corrected chi connectivity index (χ3v) is 5.14. The Morgan fingerprint density at radius 2 is 1.70 bits per heavy atom. The molecule has 0 spiro atoms. The van der Waals surface area contributed by atoms with Gasteiger partial charge in [0, 0.05) is 25.2 Å². The lowest BCUT2D eigenvalue weighted by atomic mass is 9.89. The van der Waals surface area contributed by atoms with Crippen LogP contribution in [0.5, 0.6) is 0 Å². The largest absolute Gasteiger partial charge is 0.367 e. The van der Waals surface area contributed by atoms with Gasteiger partial charge >= 0.3 is 0 Å². The Morgan fingerprint density at radius 1 is 1.05 bits per heavy atom. The highest BCUT2D eigenvalue weighted by atomic mass is 15.2. The van der Waals surface area contributed by atoms with Crippen LogP contribution < -0.4 is 10.2 Å². The molecule has 1 aliphatic carbocycles. The molecule has 1 N–H and O–H groups in total. The van der Waals surface area contributed by atoms with Gasteiger partial charge in [0.15, 0.2) is 0 Å². The van der Waals surface area contributed by atoms with Crippen LogP contribution in [-0.4, -0.2) is 25.2 Å². The summed E-state index contributed by atoms with van der Waals surface area (Å²) in [6.45, 7) is 2.12. The predicted molar refractivity (Wildman–Crippen MR) is 80.0 cm³/mol. The van der Waals surface area contributed by atoms with Crippen LogP contribution in [0.25, 0.3) is 0 Å². The Kier molecular flexibility index (Phi) is 2.93. The highest BCUT2D eigenvalue weighted by molar-refractivity contribution is 5.63. The van der Waals surface area contributed by atoms with Crippen molar-refractivity contribution in [3.63, 3.8) is 0 Å². The fourth-order valence-corrected chi connectivity index (χ4v) is 4.12. The summed E-state index contributed by atoms with van der Waals surface area (Å²) < 4.78 is 0. The monoisotopic (exact) mass is 267 g/mol. The summed E-state index contributed by atoms with van der Waals surface area (Å²) in [5.74, 6) is 0. The molecule has 1 aromatic rings. The van der Waals surface area contributed by atoms with Crippen molar-refractivity contribution in [2.75, 3.05) is 18.0 Å². The van der Waals surface area contributed by atoms with Crippen LogP contribution in [0.4, 0.5) is 5.69 Å². The van der Waals surface area contributed by atoms with Gasteiger partial charge in [-0.2, -0.15) is 5.26 Å². The molecule has 0 saturated carbocycles. The smallest absolute Gasteiger partial charge is 0.101 e. The number of fused-ring (bicyclic) bond motifs is 3. The SMILES string of the molecule is N#Cc1cc2c(cc1N1CC3CCC(C1)N3)CCCC2. The molecule has 3 heteroatoms. The third-order valence-electron chi connectivity index (χ3n) is 5.14. The van der Waals surface area contributed by atoms with E-state index in [4.69, 9.17) is 0 Å². The summed E-state index contributed by atoms with van der Waals surface area (Å²) in [7, 11) is 0. The fraction of sp³-hybridized carbons (Fsp3) is 0.588. The van der Waals surface area contributed by atoms with Crippen molar-refractivity contribution in [2.45, 2.75) is 50.6 Å². The molecule has 3 nitrogen and oxygen atoms in total. The first-order valence-electron chi connectivity index (χ1n) is 7.90. The van der Waals surface area contributed by atoms with Gasteiger partial charge in [0.2, 0.25) is 0 Å². The van der Waals surface area contributed by atoms with E-state index in [1.165, 1.54) is 48.9 Å². The van der Waals surface area contributed by atoms with Gasteiger partial charge in [-0.05, 0) is 61.8 Å². The summed E-state index contributed by atoms with van der Waals surface area (Å²) in [5.41, 5.74) is 4.96. The molecule has 20 heavy (non-hydrogen) atoms. The van der Waals surface area contributed by atoms with E-state index in [1.807, 2.05) is 0 Å². The summed E-state index contributed by atoms with van der Waals surface area (Å²) in [6.07, 6.45) is 7.48. The van der Waals surface area contributed by atoms with Crippen LogP contribution in [0.15, 0.2) is 12.1 Å². The number of hydrogen-bond donors (Lipinski definition) is 1. The van der Waals surface area contributed by atoms with Crippen molar-refractivity contribution < 1.29 is 0 Å². The molecule has 2 bridgehead atoms. The quantitative estimate of drug-likeness (QED) is 0.849. The molecule has 0 amide bonds. The lowest BCUT2D eigenvalue weighted by Gasteiger charge is -2.35. The maximum absolute atomic E-state index is 9.51. The van der Waals surface area contributed by atoms with Crippen LogP contribution >= 0.6 is 0 Å². The summed E-state index contributed by atoms with van der Waals surface area (Å²) in [5, 5.41) is 13.2. The van der Waals surface area contributed by atoms with E-state index >= 15 is 0 Å². The van der Waals surface area contributed by atoms with Crippen LogP contribution in [-0.2, 0) is 12.8 Å². The average Bonchev–Trinajstić information content (AvgIpc) is 2.84. The number of piperazine rings is 1. The van der Waals surface area contributed by atoms with Gasteiger partial charge in [0.1, 0.15) is 6.07 Å². The first kappa shape index (κ1) is 12.2. The van der Waals surface area contributed by atoms with Gasteiger partial charge in [0.05, 0.1) is 11.3 Å². The van der Waals surface area contributed by atoms with E-state index in [0.29, 0.717) is 12.1 Å². The molecular formula is C17H21N3. The van der Waals surface area contributed by atoms with Crippen molar-refractivity contribution in [2.24, 2.45) is 0 Å². The zero-order valence-electron chi connectivity index (χ0n) is 11.9. The molecule has 4 rings (SSSR count). The molecule has 104 valence electrons. The Labute approximate surface area is 120 Å². The minimum Gasteiger partial charge on any atom is -0.367 e. The van der Waals surface area contributed by atoms with Crippen molar-refractivity contribution in [3.05, 3.63) is 28.8 Å². The normalized spacial score (nSPS) is 28.1. The van der Waals surface area contributed by atoms with Crippen LogP contribution in [0.2, 0.25) is 0 Å². The summed E-state index contributed by atoms with van der Waals surface area (Å²) >= 11 is 0. The van der Waals surface area contributed by atoms with Gasteiger partial charge in [-0.1, -0.05) is 0 Å². The molecule has 2 heterocycles. The second-order valence-corrected chi connectivity index (χ2v) is 6.50. The zero-order valence-corrected chi connectivity index (χ0v) is 11.9. The predicted octanol–water partition coefficient (Wildman–Crippen LogP) is 2.38. The first-order chi connectivity index (χ1) is 9.83. The van der Waals surface area contributed by atoms with Crippen molar-refractivity contribution in [1.29, 1.82) is 5.26 Å². The minimum atomic E-state index is 0.622. The lowest BCUT2D eigenvalue weighted by Crippen LogP contribution is -2.51. The molecule has 1 aromatic carbocycles. The number of nitrogens with one attached hydrogen (secondary N) is 1. The van der Waals surface area contributed by atoms with Crippen LogP contribution in [0.3, 0.4) is 0 Å². The maximum atomic E-state index is 9.51. The molecule has 2 fully saturated rings. The topological polar surface area (TPSA) is 39.1 Å². The van der Waals surface area contributed by atoms with Crippen LogP contribution in [0, 0.1) is 11.3 Å². The molecule has 0 radical (unpaired) electrons. The number of rotatable bonds is 1. The van der Waals surface area contributed by atoms with Gasteiger partial charge in [-0.3, -0.25) is 0 Å². The van der Waals surface area contributed by atoms with E-state index in [-0.39, 0.29) is 0 Å². The number of benzene rings is 1. The fourth-order valence-electron chi connectivity index (χ4n) is 4.12. The van der Waals surface area contributed by atoms with E-state index < -0.39 is 0 Å². The molecule has 2 aliphatic heterocycles. The van der Waals surface area contributed by atoms with E-state index in [2.05, 4.69) is 28.4 Å². The van der Waals surface area contributed by atoms with Crippen molar-refractivity contribution in [3.8, 4) is 6.07 Å². The van der Waals surface area contributed by atoms with E-state index in [0.717, 1.165) is 25.1 Å². The van der Waals surface area contributed by atoms with Gasteiger partial charge in [0.25, 0.3) is 0 Å². The third kappa shape index (κ3) is 1.99. The Bertz CT molecular complexity index is 560. The summed E-state index contributed by atoms with van der Waals surface area (Å²) in [4.78, 5) is 2.45. The zero-order chi connectivity index (χ0) is 13.5. The minimum absolute atomic E-state index is 0.622. The molecule has 0 aromatic heterocycles. The summed E-state index contributed by atoms with van der Waals surface area (Å²) in [6, 6.07) is 8.15. The highest BCUT2D eigenvalue weighted by Crippen LogP contribution is 2.32. The average molecular weight is 267 g/mol. The number of aryl methyl sites for hydroxylation is 2. The molecule has 3 aliphatic rings. The van der Waals surface area contributed by atoms with Gasteiger partial charge in [-0.15, -0.1) is 0 Å². The number of hydrogen-bond acceptors (Lipinski definition) is 3. The van der Waals surface area contributed by atoms with Crippen molar-refractivity contribution in [1.82, 2.24) is 5.32 Å². The second kappa shape index (κ2) is 4.79. The number of nitriles is 1.